The van der Waals surface area contributed by atoms with Crippen molar-refractivity contribution in [2.24, 2.45) is 0 Å². The summed E-state index contributed by atoms with van der Waals surface area (Å²) >= 11 is 0. The number of aryl methyl sites for hydroxylation is 1. The molecule has 1 N–H and O–H groups in total. The van der Waals surface area contributed by atoms with Crippen LogP contribution in [0.5, 0.6) is 0 Å². The Morgan fingerprint density at radius 1 is 1.17 bits per heavy atom. The molecule has 0 saturated carbocycles. The van der Waals surface area contributed by atoms with Crippen molar-refractivity contribution in [1.82, 2.24) is 10.2 Å². The molecule has 3 atom stereocenters. The fraction of sp³-hybridized carbons (Fsp3) is 0.350. The number of benzene rings is 2. The van der Waals surface area contributed by atoms with Gasteiger partial charge < -0.3 is 5.32 Å². The quantitative estimate of drug-likeness (QED) is 0.829. The summed E-state index contributed by atoms with van der Waals surface area (Å²) in [5.41, 5.74) is 3.44. The normalized spacial score (nSPS) is 20.8. The Morgan fingerprint density at radius 2 is 1.87 bits per heavy atom. The molecule has 1 saturated heterocycles. The number of nitrogens with one attached hydrogen (secondary N) is 1. The summed E-state index contributed by atoms with van der Waals surface area (Å²) in [5.74, 6) is -0.0280. The molecule has 2 aromatic carbocycles. The minimum Gasteiger partial charge on any atom is -0.355 e. The second-order valence-corrected chi connectivity index (χ2v) is 6.29. The van der Waals surface area contributed by atoms with Gasteiger partial charge in [-0.15, -0.1) is 0 Å². The number of hydrogen-bond acceptors (Lipinski definition) is 2. The van der Waals surface area contributed by atoms with Gasteiger partial charge in [-0.3, -0.25) is 9.69 Å². The SMILES string of the molecule is CNC(=O)c1ccc(CC[C@H](C)N2CC2c2ccccc2)cc1. The van der Waals surface area contributed by atoms with E-state index in [9.17, 15) is 4.79 Å². The molecule has 1 amide bonds. The Labute approximate surface area is 138 Å². The van der Waals surface area contributed by atoms with E-state index < -0.39 is 0 Å². The van der Waals surface area contributed by atoms with E-state index in [-0.39, 0.29) is 5.91 Å². The molecule has 3 heteroatoms. The molecule has 120 valence electrons. The average molecular weight is 308 g/mol. The zero-order valence-electron chi connectivity index (χ0n) is 13.8. The van der Waals surface area contributed by atoms with Crippen LogP contribution < -0.4 is 5.32 Å². The lowest BCUT2D eigenvalue weighted by molar-refractivity contribution is 0.0963. The van der Waals surface area contributed by atoms with Crippen LogP contribution >= 0.6 is 0 Å². The lowest BCUT2D eigenvalue weighted by Crippen LogP contribution is -2.18. The summed E-state index contributed by atoms with van der Waals surface area (Å²) in [6.45, 7) is 3.47. The van der Waals surface area contributed by atoms with Gasteiger partial charge in [0.05, 0.1) is 0 Å². The molecule has 2 aromatic rings. The number of carbonyl (C=O) groups is 1. The first-order chi connectivity index (χ1) is 11.2. The van der Waals surface area contributed by atoms with Crippen LogP contribution in [0, 0.1) is 0 Å². The standard InChI is InChI=1S/C20H24N2O/c1-15(22-14-19(22)17-6-4-3-5-7-17)8-9-16-10-12-18(13-11-16)20(23)21-2/h3-7,10-13,15,19H,8-9,14H2,1-2H3,(H,21,23)/t15-,19?,22?/m0/s1. The molecule has 23 heavy (non-hydrogen) atoms. The van der Waals surface area contributed by atoms with Gasteiger partial charge in [0, 0.05) is 31.2 Å². The molecule has 3 nitrogen and oxygen atoms in total. The van der Waals surface area contributed by atoms with E-state index in [2.05, 4.69) is 59.6 Å². The topological polar surface area (TPSA) is 32.1 Å². The fourth-order valence-electron chi connectivity index (χ4n) is 3.12. The maximum absolute atomic E-state index is 11.5. The molecule has 3 rings (SSSR count). The Balaban J connectivity index is 1.50. The zero-order chi connectivity index (χ0) is 16.2. The van der Waals surface area contributed by atoms with Crippen LogP contribution in [0.3, 0.4) is 0 Å². The van der Waals surface area contributed by atoms with Crippen molar-refractivity contribution in [3.05, 3.63) is 71.3 Å². The highest BCUT2D eigenvalue weighted by atomic mass is 16.1. The molecular weight excluding hydrogens is 284 g/mol. The number of rotatable bonds is 6. The van der Waals surface area contributed by atoms with Gasteiger partial charge >= 0.3 is 0 Å². The third-order valence-corrected chi connectivity index (χ3v) is 4.69. The summed E-state index contributed by atoms with van der Waals surface area (Å²) in [5, 5.41) is 2.65. The van der Waals surface area contributed by atoms with Crippen molar-refractivity contribution in [3.8, 4) is 0 Å². The highest BCUT2D eigenvalue weighted by Gasteiger charge is 2.38. The van der Waals surface area contributed by atoms with E-state index in [0.29, 0.717) is 12.1 Å². The third kappa shape index (κ3) is 3.80. The van der Waals surface area contributed by atoms with E-state index in [0.717, 1.165) is 18.4 Å². The largest absolute Gasteiger partial charge is 0.355 e. The Hall–Kier alpha value is -2.13. The van der Waals surface area contributed by atoms with Gasteiger partial charge in [-0.05, 0) is 43.0 Å². The molecule has 1 fully saturated rings. The molecule has 0 aliphatic carbocycles. The predicted octanol–water partition coefficient (Wildman–Crippen LogP) is 3.42. The molecule has 0 aromatic heterocycles. The van der Waals surface area contributed by atoms with Gasteiger partial charge in [0.25, 0.3) is 5.91 Å². The zero-order valence-corrected chi connectivity index (χ0v) is 13.8. The summed E-state index contributed by atoms with van der Waals surface area (Å²) in [4.78, 5) is 14.1. The lowest BCUT2D eigenvalue weighted by atomic mass is 10.0. The maximum Gasteiger partial charge on any atom is 0.251 e. The van der Waals surface area contributed by atoms with Crippen molar-refractivity contribution in [3.63, 3.8) is 0 Å². The molecule has 0 radical (unpaired) electrons. The number of carbonyl (C=O) groups excluding carboxylic acids is 1. The first kappa shape index (κ1) is 15.8. The van der Waals surface area contributed by atoms with Gasteiger partial charge in [0.15, 0.2) is 0 Å². The van der Waals surface area contributed by atoms with Crippen molar-refractivity contribution in [2.45, 2.75) is 31.8 Å². The van der Waals surface area contributed by atoms with Gasteiger partial charge in [0.1, 0.15) is 0 Å². The highest BCUT2D eigenvalue weighted by molar-refractivity contribution is 5.93. The maximum atomic E-state index is 11.5. The highest BCUT2D eigenvalue weighted by Crippen LogP contribution is 2.37. The number of amides is 1. The smallest absolute Gasteiger partial charge is 0.251 e. The minimum absolute atomic E-state index is 0.0280. The van der Waals surface area contributed by atoms with Crippen LogP contribution in [0.1, 0.15) is 40.9 Å². The summed E-state index contributed by atoms with van der Waals surface area (Å²) in [7, 11) is 1.66. The third-order valence-electron chi connectivity index (χ3n) is 4.69. The summed E-state index contributed by atoms with van der Waals surface area (Å²) in [6, 6.07) is 19.9. The van der Waals surface area contributed by atoms with E-state index in [1.807, 2.05) is 12.1 Å². The second-order valence-electron chi connectivity index (χ2n) is 6.29. The van der Waals surface area contributed by atoms with E-state index in [4.69, 9.17) is 0 Å². The molecule has 2 unspecified atom stereocenters. The number of nitrogens with zero attached hydrogens (tertiary/aromatic N) is 1. The molecule has 1 aliphatic heterocycles. The van der Waals surface area contributed by atoms with Crippen molar-refractivity contribution < 1.29 is 4.79 Å². The van der Waals surface area contributed by atoms with Gasteiger partial charge in [0.2, 0.25) is 0 Å². The van der Waals surface area contributed by atoms with Crippen LogP contribution in [0.15, 0.2) is 54.6 Å². The van der Waals surface area contributed by atoms with Crippen molar-refractivity contribution in [1.29, 1.82) is 0 Å². The van der Waals surface area contributed by atoms with Gasteiger partial charge in [-0.1, -0.05) is 42.5 Å². The molecule has 1 heterocycles. The first-order valence-electron chi connectivity index (χ1n) is 8.30. The minimum atomic E-state index is -0.0280. The molecular formula is C20H24N2O. The average Bonchev–Trinajstić information content (AvgIpc) is 3.41. The molecule has 0 spiro atoms. The van der Waals surface area contributed by atoms with Crippen LogP contribution in [-0.2, 0) is 6.42 Å². The van der Waals surface area contributed by atoms with E-state index in [1.165, 1.54) is 17.7 Å². The second kappa shape index (κ2) is 6.97. The fourth-order valence-corrected chi connectivity index (χ4v) is 3.12. The van der Waals surface area contributed by atoms with Gasteiger partial charge in [-0.25, -0.2) is 0 Å². The van der Waals surface area contributed by atoms with Crippen molar-refractivity contribution >= 4 is 5.91 Å². The summed E-state index contributed by atoms with van der Waals surface area (Å²) in [6.07, 6.45) is 2.19. The van der Waals surface area contributed by atoms with Crippen LogP contribution in [-0.4, -0.2) is 30.4 Å². The monoisotopic (exact) mass is 308 g/mol. The lowest BCUT2D eigenvalue weighted by Gasteiger charge is -2.14. The van der Waals surface area contributed by atoms with E-state index in [1.54, 1.807) is 7.05 Å². The summed E-state index contributed by atoms with van der Waals surface area (Å²) < 4.78 is 0. The number of hydrogen-bond donors (Lipinski definition) is 1. The Morgan fingerprint density at radius 3 is 2.52 bits per heavy atom. The van der Waals surface area contributed by atoms with Gasteiger partial charge in [-0.2, -0.15) is 0 Å². The molecule has 1 aliphatic rings. The first-order valence-corrected chi connectivity index (χ1v) is 8.30. The van der Waals surface area contributed by atoms with Crippen molar-refractivity contribution in [2.75, 3.05) is 13.6 Å². The van der Waals surface area contributed by atoms with E-state index >= 15 is 0 Å². The van der Waals surface area contributed by atoms with Crippen LogP contribution in [0.25, 0.3) is 0 Å². The van der Waals surface area contributed by atoms with Crippen LogP contribution in [0.2, 0.25) is 0 Å². The molecule has 0 bridgehead atoms. The Kier molecular flexibility index (Phi) is 4.77. The predicted molar refractivity (Wildman–Crippen MR) is 93.5 cm³/mol. The van der Waals surface area contributed by atoms with Crippen LogP contribution in [0.4, 0.5) is 0 Å². The Bertz CT molecular complexity index is 651.